The molecule has 1 aromatic carbocycles. The number of esters is 1. The molecule has 0 aliphatic heterocycles. The van der Waals surface area contributed by atoms with Crippen LogP contribution in [0.3, 0.4) is 0 Å². The van der Waals surface area contributed by atoms with Crippen LogP contribution in [-0.4, -0.2) is 23.2 Å². The number of pyridine rings is 1. The van der Waals surface area contributed by atoms with Crippen LogP contribution in [0.15, 0.2) is 36.7 Å². The number of nitrogens with zero attached hydrogens (tertiary/aromatic N) is 1. The van der Waals surface area contributed by atoms with Crippen molar-refractivity contribution in [3.63, 3.8) is 0 Å². The molecule has 1 heterocycles. The van der Waals surface area contributed by atoms with E-state index in [0.29, 0.717) is 5.56 Å². The van der Waals surface area contributed by atoms with Crippen molar-refractivity contribution in [2.75, 3.05) is 7.11 Å². The van der Waals surface area contributed by atoms with Gasteiger partial charge in [0.25, 0.3) is 0 Å². The predicted molar refractivity (Wildman–Crippen MR) is 62.6 cm³/mol. The second kappa shape index (κ2) is 4.83. The van der Waals surface area contributed by atoms with E-state index in [9.17, 15) is 14.3 Å². The van der Waals surface area contributed by atoms with Crippen LogP contribution in [0.25, 0.3) is 11.1 Å². The minimum Gasteiger partial charge on any atom is -0.507 e. The van der Waals surface area contributed by atoms with Gasteiger partial charge in [0.1, 0.15) is 11.6 Å². The lowest BCUT2D eigenvalue weighted by Crippen LogP contribution is -2.00. The summed E-state index contributed by atoms with van der Waals surface area (Å²) in [5, 5.41) is 9.82. The molecule has 0 radical (unpaired) electrons. The number of carbonyl (C=O) groups is 1. The molecule has 18 heavy (non-hydrogen) atoms. The maximum Gasteiger partial charge on any atom is 0.337 e. The number of methoxy groups -OCH3 is 1. The van der Waals surface area contributed by atoms with Crippen LogP contribution >= 0.6 is 0 Å². The minimum absolute atomic E-state index is 0.192. The molecule has 2 rings (SSSR count). The van der Waals surface area contributed by atoms with E-state index >= 15 is 0 Å². The third-order valence-electron chi connectivity index (χ3n) is 2.48. The van der Waals surface area contributed by atoms with Crippen molar-refractivity contribution in [2.45, 2.75) is 0 Å². The fourth-order valence-corrected chi connectivity index (χ4v) is 1.60. The van der Waals surface area contributed by atoms with Gasteiger partial charge in [0, 0.05) is 17.3 Å². The number of hydrogen-bond acceptors (Lipinski definition) is 4. The number of rotatable bonds is 2. The standard InChI is InChI=1S/C13H10FNO3/c1-18-13(17)8-2-3-10(12(16)6-8)9-4-5-15-7-11(9)14/h2-7,16H,1H3. The van der Waals surface area contributed by atoms with Gasteiger partial charge in [0.05, 0.1) is 18.9 Å². The van der Waals surface area contributed by atoms with Crippen LogP contribution in [0.5, 0.6) is 5.75 Å². The Hall–Kier alpha value is -2.43. The zero-order chi connectivity index (χ0) is 13.1. The molecule has 1 aromatic heterocycles. The number of phenolic OH excluding ortho intramolecular Hbond substituents is 1. The summed E-state index contributed by atoms with van der Waals surface area (Å²) in [5.74, 6) is -1.30. The molecule has 0 aliphatic rings. The van der Waals surface area contributed by atoms with Gasteiger partial charge in [-0.05, 0) is 24.3 Å². The fourth-order valence-electron chi connectivity index (χ4n) is 1.60. The highest BCUT2D eigenvalue weighted by Crippen LogP contribution is 2.31. The Morgan fingerprint density at radius 3 is 2.72 bits per heavy atom. The molecule has 92 valence electrons. The molecule has 0 atom stereocenters. The van der Waals surface area contributed by atoms with Gasteiger partial charge in [-0.2, -0.15) is 0 Å². The Morgan fingerprint density at radius 2 is 2.11 bits per heavy atom. The van der Waals surface area contributed by atoms with Gasteiger partial charge in [-0.25, -0.2) is 9.18 Å². The lowest BCUT2D eigenvalue weighted by molar-refractivity contribution is 0.0600. The van der Waals surface area contributed by atoms with Crippen LogP contribution in [0.2, 0.25) is 0 Å². The topological polar surface area (TPSA) is 59.4 Å². The average molecular weight is 247 g/mol. The van der Waals surface area contributed by atoms with Crippen molar-refractivity contribution in [1.29, 1.82) is 0 Å². The Kier molecular flexibility index (Phi) is 3.23. The third-order valence-corrected chi connectivity index (χ3v) is 2.48. The van der Waals surface area contributed by atoms with Crippen LogP contribution in [-0.2, 0) is 4.74 Å². The molecule has 0 aliphatic carbocycles. The first-order valence-corrected chi connectivity index (χ1v) is 5.14. The molecular formula is C13H10FNO3. The summed E-state index contributed by atoms with van der Waals surface area (Å²) >= 11 is 0. The lowest BCUT2D eigenvalue weighted by atomic mass is 10.0. The first kappa shape index (κ1) is 12.0. The summed E-state index contributed by atoms with van der Waals surface area (Å²) in [6.07, 6.45) is 2.48. The highest BCUT2D eigenvalue weighted by Gasteiger charge is 2.13. The highest BCUT2D eigenvalue weighted by atomic mass is 19.1. The number of aromatic nitrogens is 1. The molecule has 0 saturated heterocycles. The Bertz CT molecular complexity index is 599. The Labute approximate surface area is 103 Å². The molecule has 0 unspecified atom stereocenters. The second-order valence-corrected chi connectivity index (χ2v) is 3.58. The molecule has 0 bridgehead atoms. The van der Waals surface area contributed by atoms with E-state index in [-0.39, 0.29) is 16.9 Å². The number of aromatic hydroxyl groups is 1. The van der Waals surface area contributed by atoms with Crippen molar-refractivity contribution in [3.8, 4) is 16.9 Å². The molecule has 0 amide bonds. The zero-order valence-corrected chi connectivity index (χ0v) is 9.55. The molecule has 4 nitrogen and oxygen atoms in total. The summed E-state index contributed by atoms with van der Waals surface area (Å²) in [4.78, 5) is 14.9. The van der Waals surface area contributed by atoms with Crippen molar-refractivity contribution >= 4 is 5.97 Å². The first-order chi connectivity index (χ1) is 8.63. The van der Waals surface area contributed by atoms with E-state index in [1.807, 2.05) is 0 Å². The minimum atomic E-state index is -0.563. The van der Waals surface area contributed by atoms with Gasteiger partial charge in [-0.15, -0.1) is 0 Å². The maximum absolute atomic E-state index is 13.5. The zero-order valence-electron chi connectivity index (χ0n) is 9.55. The van der Waals surface area contributed by atoms with Crippen molar-refractivity contribution < 1.29 is 19.0 Å². The smallest absolute Gasteiger partial charge is 0.337 e. The second-order valence-electron chi connectivity index (χ2n) is 3.58. The normalized spacial score (nSPS) is 10.1. The van der Waals surface area contributed by atoms with Gasteiger partial charge in [-0.3, -0.25) is 4.98 Å². The summed E-state index contributed by atoms with van der Waals surface area (Å²) < 4.78 is 18.0. The quantitative estimate of drug-likeness (QED) is 0.828. The Balaban J connectivity index is 2.49. The number of carbonyl (C=O) groups excluding carboxylic acids is 1. The van der Waals surface area contributed by atoms with Crippen LogP contribution in [0.1, 0.15) is 10.4 Å². The summed E-state index contributed by atoms with van der Waals surface area (Å²) in [6, 6.07) is 5.60. The average Bonchev–Trinajstić information content (AvgIpc) is 2.39. The van der Waals surface area contributed by atoms with Crippen LogP contribution in [0.4, 0.5) is 4.39 Å². The number of benzene rings is 1. The summed E-state index contributed by atoms with van der Waals surface area (Å²) in [7, 11) is 1.25. The van der Waals surface area contributed by atoms with Gasteiger partial charge in [-0.1, -0.05) is 0 Å². The number of halogens is 1. The third kappa shape index (κ3) is 2.15. The van der Waals surface area contributed by atoms with Gasteiger partial charge in [0.2, 0.25) is 0 Å². The largest absolute Gasteiger partial charge is 0.507 e. The predicted octanol–water partition coefficient (Wildman–Crippen LogP) is 2.38. The van der Waals surface area contributed by atoms with E-state index in [0.717, 1.165) is 6.20 Å². The van der Waals surface area contributed by atoms with Crippen LogP contribution < -0.4 is 0 Å². The molecule has 2 aromatic rings. The van der Waals surface area contributed by atoms with Crippen molar-refractivity contribution in [1.82, 2.24) is 4.98 Å². The molecule has 0 spiro atoms. The van der Waals surface area contributed by atoms with E-state index in [1.54, 1.807) is 0 Å². The molecule has 0 saturated carbocycles. The van der Waals surface area contributed by atoms with Crippen molar-refractivity contribution in [3.05, 3.63) is 48.0 Å². The summed E-state index contributed by atoms with van der Waals surface area (Å²) in [6.45, 7) is 0. The summed E-state index contributed by atoms with van der Waals surface area (Å²) in [5.41, 5.74) is 0.717. The fraction of sp³-hybridized carbons (Fsp3) is 0.0769. The van der Waals surface area contributed by atoms with E-state index < -0.39 is 11.8 Å². The molecule has 5 heteroatoms. The van der Waals surface area contributed by atoms with Gasteiger partial charge >= 0.3 is 5.97 Å². The van der Waals surface area contributed by atoms with Crippen molar-refractivity contribution in [2.24, 2.45) is 0 Å². The van der Waals surface area contributed by atoms with Gasteiger partial charge < -0.3 is 9.84 Å². The van der Waals surface area contributed by atoms with E-state index in [4.69, 9.17) is 0 Å². The first-order valence-electron chi connectivity index (χ1n) is 5.14. The monoisotopic (exact) mass is 247 g/mol. The number of ether oxygens (including phenoxy) is 1. The lowest BCUT2D eigenvalue weighted by Gasteiger charge is -2.07. The SMILES string of the molecule is COC(=O)c1ccc(-c2ccncc2F)c(O)c1. The van der Waals surface area contributed by atoms with E-state index in [1.165, 1.54) is 37.6 Å². The highest BCUT2D eigenvalue weighted by molar-refractivity contribution is 5.91. The number of hydrogen-bond donors (Lipinski definition) is 1. The van der Waals surface area contributed by atoms with Crippen LogP contribution in [0, 0.1) is 5.82 Å². The molecule has 0 fully saturated rings. The van der Waals surface area contributed by atoms with E-state index in [2.05, 4.69) is 9.72 Å². The van der Waals surface area contributed by atoms with Gasteiger partial charge in [0.15, 0.2) is 0 Å². The molecule has 1 N–H and O–H groups in total. The Morgan fingerprint density at radius 1 is 1.33 bits per heavy atom. The molecular weight excluding hydrogens is 237 g/mol. The number of phenols is 1. The maximum atomic E-state index is 13.5.